The van der Waals surface area contributed by atoms with Crippen LogP contribution in [-0.4, -0.2) is 16.6 Å². The largest absolute Gasteiger partial charge is 0.385 e. The molecular weight excluding hydrogens is 293 g/mol. The highest BCUT2D eigenvalue weighted by molar-refractivity contribution is 5.65. The molecule has 2 aromatic rings. The van der Waals surface area contributed by atoms with Crippen molar-refractivity contribution in [1.29, 1.82) is 0 Å². The fraction of sp³-hybridized carbons (Fsp3) is 0.294. The van der Waals surface area contributed by atoms with Gasteiger partial charge >= 0.3 is 0 Å². The van der Waals surface area contributed by atoms with Crippen LogP contribution in [0.1, 0.15) is 30.1 Å². The molecule has 3 rings (SSSR count). The van der Waals surface area contributed by atoms with E-state index in [2.05, 4.69) is 0 Å². The molecule has 0 saturated heterocycles. The van der Waals surface area contributed by atoms with Gasteiger partial charge in [0.05, 0.1) is 5.60 Å². The van der Waals surface area contributed by atoms with E-state index in [1.54, 1.807) is 12.1 Å². The maximum atomic E-state index is 14.2. The summed E-state index contributed by atoms with van der Waals surface area (Å²) >= 11 is 0. The van der Waals surface area contributed by atoms with E-state index in [9.17, 15) is 23.4 Å². The molecule has 1 atom stereocenters. The van der Waals surface area contributed by atoms with Crippen LogP contribution in [0.25, 0.3) is 11.1 Å². The van der Waals surface area contributed by atoms with Gasteiger partial charge in [-0.2, -0.15) is 0 Å². The first kappa shape index (κ1) is 15.1. The van der Waals surface area contributed by atoms with Crippen molar-refractivity contribution in [3.63, 3.8) is 0 Å². The normalized spacial score (nSPS) is 17.5. The van der Waals surface area contributed by atoms with Gasteiger partial charge in [0, 0.05) is 5.56 Å². The molecule has 1 fully saturated rings. The van der Waals surface area contributed by atoms with Gasteiger partial charge in [0.25, 0.3) is 6.43 Å². The van der Waals surface area contributed by atoms with Gasteiger partial charge in [-0.1, -0.05) is 36.4 Å². The number of aliphatic hydroxyl groups excluding tert-OH is 1. The number of halogens is 3. The van der Waals surface area contributed by atoms with Crippen LogP contribution in [-0.2, 0) is 5.60 Å². The van der Waals surface area contributed by atoms with E-state index in [-0.39, 0.29) is 5.56 Å². The highest BCUT2D eigenvalue weighted by Crippen LogP contribution is 2.45. The molecule has 0 aliphatic heterocycles. The van der Waals surface area contributed by atoms with E-state index in [1.165, 1.54) is 30.3 Å². The Morgan fingerprint density at radius 2 is 1.64 bits per heavy atom. The van der Waals surface area contributed by atoms with E-state index in [0.29, 0.717) is 29.5 Å². The zero-order chi connectivity index (χ0) is 15.9. The second-order valence-corrected chi connectivity index (χ2v) is 5.63. The van der Waals surface area contributed by atoms with Crippen LogP contribution in [0.2, 0.25) is 0 Å². The average molecular weight is 308 g/mol. The van der Waals surface area contributed by atoms with Crippen molar-refractivity contribution in [3.05, 3.63) is 59.4 Å². The summed E-state index contributed by atoms with van der Waals surface area (Å²) in [5.41, 5.74) is 0.592. The average Bonchev–Trinajstić information content (AvgIpc) is 3.26. The van der Waals surface area contributed by atoms with Crippen molar-refractivity contribution in [3.8, 4) is 11.1 Å². The number of alkyl halides is 2. The maximum absolute atomic E-state index is 14.2. The van der Waals surface area contributed by atoms with Crippen LogP contribution >= 0.6 is 0 Å². The number of rotatable bonds is 4. The Morgan fingerprint density at radius 1 is 1.00 bits per heavy atom. The van der Waals surface area contributed by atoms with Gasteiger partial charge in [0.2, 0.25) is 0 Å². The van der Waals surface area contributed by atoms with Crippen molar-refractivity contribution in [2.24, 2.45) is 0 Å². The number of hydrogen-bond acceptors (Lipinski definition) is 2. The molecular formula is C17H15F3O2. The lowest BCUT2D eigenvalue weighted by atomic mass is 9.98. The van der Waals surface area contributed by atoms with Crippen LogP contribution < -0.4 is 0 Å². The number of aliphatic hydroxyl groups is 2. The first-order valence-electron chi connectivity index (χ1n) is 7.00. The lowest BCUT2D eigenvalue weighted by Gasteiger charge is -2.12. The van der Waals surface area contributed by atoms with Crippen molar-refractivity contribution in [2.45, 2.75) is 31.0 Å². The summed E-state index contributed by atoms with van der Waals surface area (Å²) in [5, 5.41) is 19.3. The molecule has 2 nitrogen and oxygen atoms in total. The first-order valence-corrected chi connectivity index (χ1v) is 7.00. The van der Waals surface area contributed by atoms with Gasteiger partial charge in [0.15, 0.2) is 0 Å². The molecule has 1 unspecified atom stereocenters. The van der Waals surface area contributed by atoms with Gasteiger partial charge in [-0.25, -0.2) is 13.2 Å². The molecule has 5 heteroatoms. The van der Waals surface area contributed by atoms with E-state index in [1.807, 2.05) is 0 Å². The predicted octanol–water partition coefficient (Wildman–Crippen LogP) is 3.77. The third-order valence-electron chi connectivity index (χ3n) is 4.03. The molecule has 1 aliphatic rings. The molecule has 1 aliphatic carbocycles. The molecule has 2 N–H and O–H groups in total. The maximum Gasteiger partial charge on any atom is 0.268 e. The van der Waals surface area contributed by atoms with Gasteiger partial charge < -0.3 is 10.2 Å². The van der Waals surface area contributed by atoms with Crippen molar-refractivity contribution >= 4 is 0 Å². The molecule has 0 bridgehead atoms. The molecule has 0 heterocycles. The minimum Gasteiger partial charge on any atom is -0.385 e. The Bertz CT molecular complexity index is 679. The molecule has 0 amide bonds. The van der Waals surface area contributed by atoms with E-state index >= 15 is 0 Å². The lowest BCUT2D eigenvalue weighted by molar-refractivity contribution is -0.00577. The fourth-order valence-electron chi connectivity index (χ4n) is 2.45. The van der Waals surface area contributed by atoms with Gasteiger partial charge in [-0.3, -0.25) is 0 Å². The second kappa shape index (κ2) is 5.41. The standard InChI is InChI=1S/C17H15F3O2/c18-14-9-12(17(22)7-8-17)5-6-13(14)10-1-3-11(4-2-10)15(21)16(19)20/h1-6,9,15-16,21-22H,7-8H2. The summed E-state index contributed by atoms with van der Waals surface area (Å²) in [6.45, 7) is 0. The second-order valence-electron chi connectivity index (χ2n) is 5.63. The Kier molecular flexibility index (Phi) is 3.70. The van der Waals surface area contributed by atoms with Crippen molar-refractivity contribution in [1.82, 2.24) is 0 Å². The molecule has 22 heavy (non-hydrogen) atoms. The van der Waals surface area contributed by atoms with E-state index < -0.39 is 23.9 Å². The summed E-state index contributed by atoms with van der Waals surface area (Å²) in [5.74, 6) is -0.472. The molecule has 2 aromatic carbocycles. The summed E-state index contributed by atoms with van der Waals surface area (Å²) < 4.78 is 39.1. The van der Waals surface area contributed by atoms with Crippen molar-refractivity contribution in [2.75, 3.05) is 0 Å². The van der Waals surface area contributed by atoms with E-state index in [0.717, 1.165) is 0 Å². The topological polar surface area (TPSA) is 40.5 Å². The molecule has 0 spiro atoms. The summed E-state index contributed by atoms with van der Waals surface area (Å²) in [6.07, 6.45) is -3.44. The highest BCUT2D eigenvalue weighted by atomic mass is 19.3. The van der Waals surface area contributed by atoms with Gasteiger partial charge in [-0.15, -0.1) is 0 Å². The smallest absolute Gasteiger partial charge is 0.268 e. The molecule has 0 aromatic heterocycles. The Hall–Kier alpha value is -1.85. The quantitative estimate of drug-likeness (QED) is 0.902. The minimum atomic E-state index is -2.86. The first-order chi connectivity index (χ1) is 10.4. The van der Waals surface area contributed by atoms with Crippen LogP contribution in [0.3, 0.4) is 0 Å². The Morgan fingerprint density at radius 3 is 2.14 bits per heavy atom. The summed E-state index contributed by atoms with van der Waals surface area (Å²) in [7, 11) is 0. The third kappa shape index (κ3) is 2.74. The SMILES string of the molecule is OC(c1ccc(-c2ccc(C3(O)CC3)cc2F)cc1)C(F)F. The molecule has 116 valence electrons. The van der Waals surface area contributed by atoms with Crippen LogP contribution in [0, 0.1) is 5.82 Å². The zero-order valence-corrected chi connectivity index (χ0v) is 11.6. The summed E-state index contributed by atoms with van der Waals surface area (Å²) in [4.78, 5) is 0. The third-order valence-corrected chi connectivity index (χ3v) is 4.03. The number of hydrogen-bond donors (Lipinski definition) is 2. The predicted molar refractivity (Wildman–Crippen MR) is 75.9 cm³/mol. The lowest BCUT2D eigenvalue weighted by Crippen LogP contribution is -2.07. The Labute approximate surface area is 125 Å². The highest BCUT2D eigenvalue weighted by Gasteiger charge is 2.42. The van der Waals surface area contributed by atoms with Crippen LogP contribution in [0.4, 0.5) is 13.2 Å². The fourth-order valence-corrected chi connectivity index (χ4v) is 2.45. The zero-order valence-electron chi connectivity index (χ0n) is 11.6. The summed E-state index contributed by atoms with van der Waals surface area (Å²) in [6, 6.07) is 10.2. The van der Waals surface area contributed by atoms with E-state index in [4.69, 9.17) is 0 Å². The molecule has 1 saturated carbocycles. The van der Waals surface area contributed by atoms with Gasteiger partial charge in [-0.05, 0) is 35.6 Å². The molecule has 0 radical (unpaired) electrons. The number of benzene rings is 2. The van der Waals surface area contributed by atoms with Crippen molar-refractivity contribution < 1.29 is 23.4 Å². The van der Waals surface area contributed by atoms with Gasteiger partial charge in [0.1, 0.15) is 11.9 Å². The Balaban J connectivity index is 1.88. The minimum absolute atomic E-state index is 0.0862. The van der Waals surface area contributed by atoms with Crippen LogP contribution in [0.5, 0.6) is 0 Å². The van der Waals surface area contributed by atoms with Crippen LogP contribution in [0.15, 0.2) is 42.5 Å². The monoisotopic (exact) mass is 308 g/mol.